The molecule has 1 fully saturated rings. The van der Waals surface area contributed by atoms with Crippen molar-refractivity contribution in [3.05, 3.63) is 101 Å². The Hall–Kier alpha value is -3.87. The third-order valence-electron chi connectivity index (χ3n) is 5.06. The first-order valence-corrected chi connectivity index (χ1v) is 9.12. The number of halogens is 2. The lowest BCUT2D eigenvalue weighted by molar-refractivity contribution is -0.132. The van der Waals surface area contributed by atoms with Gasteiger partial charge in [-0.3, -0.25) is 19.5 Å². The highest BCUT2D eigenvalue weighted by molar-refractivity contribution is 6.51. The minimum Gasteiger partial charge on any atom is -0.507 e. The van der Waals surface area contributed by atoms with E-state index in [1.165, 1.54) is 30.6 Å². The molecule has 1 saturated heterocycles. The first-order chi connectivity index (χ1) is 14.4. The van der Waals surface area contributed by atoms with Crippen LogP contribution >= 0.6 is 0 Å². The van der Waals surface area contributed by atoms with Crippen molar-refractivity contribution >= 4 is 23.1 Å². The van der Waals surface area contributed by atoms with Crippen molar-refractivity contribution in [1.82, 2.24) is 4.98 Å². The van der Waals surface area contributed by atoms with E-state index in [1.807, 2.05) is 0 Å². The molecular formula is C23H16F2N2O3. The standard InChI is InChI=1S/C23H16F2N2O3/c1-13-4-2-3-5-16(13)20-19(21(28)14-8-10-26-11-9-14)22(29)23(30)27(20)15-6-7-17(24)18(25)12-15/h2-12,20,28H,1H3/b21-19+. The zero-order valence-electron chi connectivity index (χ0n) is 15.8. The number of aliphatic hydroxyl groups is 1. The number of nitrogens with zero attached hydrogens (tertiary/aromatic N) is 2. The van der Waals surface area contributed by atoms with E-state index in [-0.39, 0.29) is 17.0 Å². The number of hydrogen-bond acceptors (Lipinski definition) is 4. The second-order valence-corrected chi connectivity index (χ2v) is 6.86. The number of anilines is 1. The summed E-state index contributed by atoms with van der Waals surface area (Å²) in [4.78, 5) is 30.9. The van der Waals surface area contributed by atoms with Gasteiger partial charge < -0.3 is 5.11 Å². The van der Waals surface area contributed by atoms with Gasteiger partial charge in [-0.1, -0.05) is 24.3 Å². The van der Waals surface area contributed by atoms with Crippen LogP contribution in [-0.4, -0.2) is 21.8 Å². The third kappa shape index (κ3) is 3.14. The Bertz CT molecular complexity index is 1190. The molecule has 1 aliphatic rings. The van der Waals surface area contributed by atoms with Crippen molar-refractivity contribution in [2.45, 2.75) is 13.0 Å². The summed E-state index contributed by atoms with van der Waals surface area (Å²) in [5.41, 5.74) is 1.53. The molecule has 1 unspecified atom stereocenters. The van der Waals surface area contributed by atoms with Crippen LogP contribution in [0.15, 0.2) is 72.6 Å². The fourth-order valence-electron chi connectivity index (χ4n) is 3.59. The second kappa shape index (κ2) is 7.51. The summed E-state index contributed by atoms with van der Waals surface area (Å²) in [6, 6.07) is 12.0. The average Bonchev–Trinajstić information content (AvgIpc) is 3.01. The molecule has 0 aliphatic carbocycles. The Balaban J connectivity index is 1.99. The number of aromatic nitrogens is 1. The number of ketones is 1. The summed E-state index contributed by atoms with van der Waals surface area (Å²) in [6.07, 6.45) is 2.90. The Kier molecular flexibility index (Phi) is 4.87. The van der Waals surface area contributed by atoms with E-state index >= 15 is 0 Å². The van der Waals surface area contributed by atoms with Gasteiger partial charge in [0.15, 0.2) is 11.6 Å². The van der Waals surface area contributed by atoms with Gasteiger partial charge >= 0.3 is 0 Å². The summed E-state index contributed by atoms with van der Waals surface area (Å²) >= 11 is 0. The van der Waals surface area contributed by atoms with Crippen molar-refractivity contribution in [3.63, 3.8) is 0 Å². The number of hydrogen-bond donors (Lipinski definition) is 1. The minimum absolute atomic E-state index is 0.0121. The molecule has 0 bridgehead atoms. The molecule has 2 aromatic carbocycles. The van der Waals surface area contributed by atoms with Crippen LogP contribution in [0.25, 0.3) is 5.76 Å². The van der Waals surface area contributed by atoms with Crippen molar-refractivity contribution in [3.8, 4) is 0 Å². The van der Waals surface area contributed by atoms with Crippen molar-refractivity contribution in [2.75, 3.05) is 4.90 Å². The van der Waals surface area contributed by atoms with E-state index < -0.39 is 29.4 Å². The minimum atomic E-state index is -1.15. The maximum Gasteiger partial charge on any atom is 0.300 e. The fraction of sp³-hybridized carbons (Fsp3) is 0.0870. The molecule has 1 aliphatic heterocycles. The molecule has 0 spiro atoms. The van der Waals surface area contributed by atoms with Gasteiger partial charge in [0.25, 0.3) is 11.7 Å². The van der Waals surface area contributed by atoms with Gasteiger partial charge in [0, 0.05) is 29.7 Å². The second-order valence-electron chi connectivity index (χ2n) is 6.86. The Morgan fingerprint density at radius 3 is 2.37 bits per heavy atom. The van der Waals surface area contributed by atoms with E-state index in [0.717, 1.165) is 22.6 Å². The zero-order chi connectivity index (χ0) is 21.4. The number of pyridine rings is 1. The lowest BCUT2D eigenvalue weighted by atomic mass is 9.92. The fourth-order valence-corrected chi connectivity index (χ4v) is 3.59. The number of rotatable bonds is 3. The average molecular weight is 406 g/mol. The van der Waals surface area contributed by atoms with Crippen molar-refractivity contribution in [1.29, 1.82) is 0 Å². The number of benzene rings is 2. The van der Waals surface area contributed by atoms with E-state index in [9.17, 15) is 23.5 Å². The third-order valence-corrected chi connectivity index (χ3v) is 5.06. The molecule has 30 heavy (non-hydrogen) atoms. The van der Waals surface area contributed by atoms with Crippen LogP contribution in [0.5, 0.6) is 0 Å². The van der Waals surface area contributed by atoms with Gasteiger partial charge in [0.05, 0.1) is 11.6 Å². The maximum absolute atomic E-state index is 13.9. The summed E-state index contributed by atoms with van der Waals surface area (Å²) in [5, 5.41) is 10.9. The normalized spacial score (nSPS) is 18.1. The number of carbonyl (C=O) groups excluding carboxylic acids is 2. The molecule has 0 radical (unpaired) electrons. The number of Topliss-reactive ketones (excluding diaryl/α,β-unsaturated/α-hetero) is 1. The number of aliphatic hydroxyl groups excluding tert-OH is 1. The van der Waals surface area contributed by atoms with Crippen LogP contribution in [0.1, 0.15) is 22.7 Å². The summed E-state index contributed by atoms with van der Waals surface area (Å²) in [6.45, 7) is 1.80. The highest BCUT2D eigenvalue weighted by atomic mass is 19.2. The maximum atomic E-state index is 13.9. The molecule has 3 aromatic rings. The largest absolute Gasteiger partial charge is 0.507 e. The molecule has 1 aromatic heterocycles. The molecule has 7 heteroatoms. The smallest absolute Gasteiger partial charge is 0.300 e. The quantitative estimate of drug-likeness (QED) is 0.400. The van der Waals surface area contributed by atoms with Crippen LogP contribution in [-0.2, 0) is 9.59 Å². The lowest BCUT2D eigenvalue weighted by Gasteiger charge is -2.26. The van der Waals surface area contributed by atoms with Gasteiger partial charge in [-0.25, -0.2) is 8.78 Å². The summed E-state index contributed by atoms with van der Waals surface area (Å²) in [5.74, 6) is -4.44. The molecule has 4 rings (SSSR count). The van der Waals surface area contributed by atoms with Crippen LogP contribution in [0.4, 0.5) is 14.5 Å². The summed E-state index contributed by atoms with van der Waals surface area (Å²) in [7, 11) is 0. The van der Waals surface area contributed by atoms with Crippen molar-refractivity contribution < 1.29 is 23.5 Å². The van der Waals surface area contributed by atoms with Crippen LogP contribution in [0.3, 0.4) is 0 Å². The van der Waals surface area contributed by atoms with Crippen LogP contribution in [0, 0.1) is 18.6 Å². The zero-order valence-corrected chi connectivity index (χ0v) is 15.8. The molecular weight excluding hydrogens is 390 g/mol. The SMILES string of the molecule is Cc1ccccc1C1/C(=C(\O)c2ccncc2)C(=O)C(=O)N1c1ccc(F)c(F)c1. The number of aryl methyl sites for hydroxylation is 1. The highest BCUT2D eigenvalue weighted by Crippen LogP contribution is 2.43. The molecule has 0 saturated carbocycles. The van der Waals surface area contributed by atoms with Gasteiger partial charge in [-0.15, -0.1) is 0 Å². The van der Waals surface area contributed by atoms with Gasteiger partial charge in [-0.05, 0) is 42.3 Å². The molecule has 1 atom stereocenters. The van der Waals surface area contributed by atoms with Gasteiger partial charge in [0.1, 0.15) is 5.76 Å². The van der Waals surface area contributed by atoms with Gasteiger partial charge in [-0.2, -0.15) is 0 Å². The van der Waals surface area contributed by atoms with E-state index in [1.54, 1.807) is 31.2 Å². The Morgan fingerprint density at radius 2 is 1.70 bits per heavy atom. The first-order valence-electron chi connectivity index (χ1n) is 9.12. The lowest BCUT2D eigenvalue weighted by Crippen LogP contribution is -2.30. The van der Waals surface area contributed by atoms with E-state index in [2.05, 4.69) is 4.98 Å². The Morgan fingerprint density at radius 1 is 1.00 bits per heavy atom. The molecule has 5 nitrogen and oxygen atoms in total. The molecule has 2 heterocycles. The topological polar surface area (TPSA) is 70.5 Å². The van der Waals surface area contributed by atoms with Crippen LogP contribution in [0.2, 0.25) is 0 Å². The van der Waals surface area contributed by atoms with Crippen LogP contribution < -0.4 is 4.90 Å². The monoisotopic (exact) mass is 406 g/mol. The predicted octanol–water partition coefficient (Wildman–Crippen LogP) is 4.29. The predicted molar refractivity (Wildman–Crippen MR) is 107 cm³/mol. The Labute approximate surface area is 170 Å². The molecule has 1 amide bonds. The first kappa shape index (κ1) is 19.4. The molecule has 1 N–H and O–H groups in total. The van der Waals surface area contributed by atoms with E-state index in [4.69, 9.17) is 0 Å². The number of amides is 1. The summed E-state index contributed by atoms with van der Waals surface area (Å²) < 4.78 is 27.4. The molecule has 150 valence electrons. The highest BCUT2D eigenvalue weighted by Gasteiger charge is 2.47. The van der Waals surface area contributed by atoms with Crippen molar-refractivity contribution in [2.24, 2.45) is 0 Å². The number of carbonyl (C=O) groups is 2. The van der Waals surface area contributed by atoms with Gasteiger partial charge in [0.2, 0.25) is 0 Å². The van der Waals surface area contributed by atoms with E-state index in [0.29, 0.717) is 11.1 Å².